The highest BCUT2D eigenvalue weighted by Crippen LogP contribution is 2.47. The van der Waals surface area contributed by atoms with Crippen LogP contribution in [0.3, 0.4) is 0 Å². The number of likely N-dealkylation sites (tertiary alicyclic amines) is 1. The molecular formula is C21H28N2O6S. The van der Waals surface area contributed by atoms with Gasteiger partial charge in [0.15, 0.2) is 0 Å². The zero-order valence-corrected chi connectivity index (χ0v) is 18.6. The maximum atomic E-state index is 12.9. The zero-order chi connectivity index (χ0) is 22.1. The van der Waals surface area contributed by atoms with Crippen molar-refractivity contribution in [3.05, 3.63) is 33.9 Å². The number of ether oxygens (including phenoxy) is 2. The molecule has 0 aromatic heterocycles. The lowest BCUT2D eigenvalue weighted by Gasteiger charge is -2.31. The smallest absolute Gasteiger partial charge is 0.410 e. The van der Waals surface area contributed by atoms with E-state index in [9.17, 15) is 19.7 Å². The fourth-order valence-corrected chi connectivity index (χ4v) is 4.75. The minimum absolute atomic E-state index is 0.0659. The number of benzene rings is 1. The van der Waals surface area contributed by atoms with E-state index in [4.69, 9.17) is 9.47 Å². The second kappa shape index (κ2) is 8.83. The first-order chi connectivity index (χ1) is 14.1. The van der Waals surface area contributed by atoms with Gasteiger partial charge >= 0.3 is 12.1 Å². The maximum Gasteiger partial charge on any atom is 0.410 e. The Morgan fingerprint density at radius 3 is 2.53 bits per heavy atom. The molecule has 8 nitrogen and oxygen atoms in total. The van der Waals surface area contributed by atoms with Crippen LogP contribution in [0.4, 0.5) is 10.5 Å². The number of hydrogen-bond donors (Lipinski definition) is 0. The summed E-state index contributed by atoms with van der Waals surface area (Å²) in [6.45, 7) is 7.61. The number of thioether (sulfide) groups is 1. The molecule has 1 saturated carbocycles. The molecule has 1 aromatic rings. The molecule has 1 aliphatic heterocycles. The molecule has 3 rings (SSSR count). The topological polar surface area (TPSA) is 99.0 Å². The molecule has 1 heterocycles. The molecular weight excluding hydrogens is 408 g/mol. The van der Waals surface area contributed by atoms with Crippen LogP contribution in [0.15, 0.2) is 23.1 Å². The van der Waals surface area contributed by atoms with Crippen LogP contribution in [0.1, 0.15) is 58.6 Å². The zero-order valence-electron chi connectivity index (χ0n) is 17.8. The van der Waals surface area contributed by atoms with Crippen molar-refractivity contribution < 1.29 is 24.0 Å². The number of nitro groups is 1. The third-order valence-corrected chi connectivity index (χ3v) is 6.39. The van der Waals surface area contributed by atoms with Crippen molar-refractivity contribution in [3.8, 4) is 0 Å². The Morgan fingerprint density at radius 2 is 1.97 bits per heavy atom. The van der Waals surface area contributed by atoms with E-state index < -0.39 is 34.5 Å². The number of non-ortho nitro benzene ring substituents is 1. The summed E-state index contributed by atoms with van der Waals surface area (Å²) in [6.07, 6.45) is 2.05. The quantitative estimate of drug-likeness (QED) is 0.362. The van der Waals surface area contributed by atoms with Crippen LogP contribution in [-0.4, -0.2) is 45.9 Å². The van der Waals surface area contributed by atoms with Gasteiger partial charge in [-0.25, -0.2) is 4.79 Å². The van der Waals surface area contributed by atoms with Gasteiger partial charge in [0.25, 0.3) is 5.69 Å². The summed E-state index contributed by atoms with van der Waals surface area (Å²) in [6, 6.07) is 4.02. The number of amides is 1. The summed E-state index contributed by atoms with van der Waals surface area (Å²) < 4.78 is 10.8. The molecule has 1 amide bonds. The van der Waals surface area contributed by atoms with Crippen molar-refractivity contribution in [2.45, 2.75) is 68.7 Å². The molecule has 164 valence electrons. The van der Waals surface area contributed by atoms with E-state index in [0.717, 1.165) is 17.7 Å². The normalized spacial score (nSPS) is 21.4. The Kier molecular flexibility index (Phi) is 6.59. The first kappa shape index (κ1) is 22.4. The van der Waals surface area contributed by atoms with Crippen LogP contribution in [0.5, 0.6) is 0 Å². The second-order valence-corrected chi connectivity index (χ2v) is 9.90. The van der Waals surface area contributed by atoms with Gasteiger partial charge in [-0.3, -0.25) is 14.9 Å². The van der Waals surface area contributed by atoms with Gasteiger partial charge in [0, 0.05) is 28.8 Å². The van der Waals surface area contributed by atoms with E-state index in [1.54, 1.807) is 45.5 Å². The van der Waals surface area contributed by atoms with Gasteiger partial charge in [0.05, 0.1) is 23.5 Å². The third-order valence-electron chi connectivity index (χ3n) is 4.96. The van der Waals surface area contributed by atoms with Crippen LogP contribution in [0, 0.1) is 16.0 Å². The lowest BCUT2D eigenvalue weighted by molar-refractivity contribution is -0.385. The van der Waals surface area contributed by atoms with Crippen molar-refractivity contribution in [1.29, 1.82) is 0 Å². The summed E-state index contributed by atoms with van der Waals surface area (Å²) in [5, 5.41) is 11.9. The lowest BCUT2D eigenvalue weighted by atomic mass is 9.93. The predicted octanol–water partition coefficient (Wildman–Crippen LogP) is 4.71. The van der Waals surface area contributed by atoms with Crippen LogP contribution >= 0.6 is 11.8 Å². The van der Waals surface area contributed by atoms with Crippen molar-refractivity contribution in [1.82, 2.24) is 4.90 Å². The average molecular weight is 437 g/mol. The summed E-state index contributed by atoms with van der Waals surface area (Å²) in [5.74, 6) is -1.000. The Labute approximate surface area is 180 Å². The Morgan fingerprint density at radius 1 is 1.27 bits per heavy atom. The minimum atomic E-state index is -0.697. The molecule has 2 aliphatic rings. The highest BCUT2D eigenvalue weighted by molar-refractivity contribution is 8.00. The predicted molar refractivity (Wildman–Crippen MR) is 112 cm³/mol. The van der Waals surface area contributed by atoms with Gasteiger partial charge in [0.2, 0.25) is 0 Å². The van der Waals surface area contributed by atoms with Crippen LogP contribution in [0.25, 0.3) is 0 Å². The third kappa shape index (κ3) is 5.24. The Balaban J connectivity index is 2.04. The van der Waals surface area contributed by atoms with Crippen molar-refractivity contribution >= 4 is 29.5 Å². The molecule has 0 radical (unpaired) electrons. The first-order valence-electron chi connectivity index (χ1n) is 10.2. The van der Waals surface area contributed by atoms with Gasteiger partial charge in [0.1, 0.15) is 5.60 Å². The number of esters is 1. The van der Waals surface area contributed by atoms with Gasteiger partial charge in [-0.2, -0.15) is 0 Å². The Bertz CT molecular complexity index is 833. The van der Waals surface area contributed by atoms with Gasteiger partial charge in [-0.05, 0) is 58.6 Å². The molecule has 1 aliphatic carbocycles. The summed E-state index contributed by atoms with van der Waals surface area (Å²) >= 11 is 1.64. The summed E-state index contributed by atoms with van der Waals surface area (Å²) in [7, 11) is 0. The number of rotatable bonds is 6. The number of nitro benzene ring substituents is 1. The van der Waals surface area contributed by atoms with E-state index in [2.05, 4.69) is 0 Å². The second-order valence-electron chi connectivity index (χ2n) is 8.56. The van der Waals surface area contributed by atoms with Gasteiger partial charge < -0.3 is 14.4 Å². The molecule has 2 atom stereocenters. The number of nitrogens with zero attached hydrogens (tertiary/aromatic N) is 2. The molecule has 1 saturated heterocycles. The van der Waals surface area contributed by atoms with Crippen LogP contribution < -0.4 is 0 Å². The largest absolute Gasteiger partial charge is 0.466 e. The van der Waals surface area contributed by atoms with Crippen molar-refractivity contribution in [2.24, 2.45) is 5.92 Å². The van der Waals surface area contributed by atoms with Gasteiger partial charge in [-0.1, -0.05) is 0 Å². The highest BCUT2D eigenvalue weighted by atomic mass is 32.2. The standard InChI is InChI=1S/C21H28N2O6S/c1-5-28-19(24)15-10-11-22(20(25)29-21(2,3)4)18(15)16-12-13(23(26)27)6-9-17(16)30-14-7-8-14/h6,9,12,14-15,18H,5,7-8,10-11H2,1-4H3/t15-,18?/m0/s1. The van der Waals surface area contributed by atoms with Gasteiger partial charge in [-0.15, -0.1) is 11.8 Å². The van der Waals surface area contributed by atoms with E-state index in [1.165, 1.54) is 17.0 Å². The van der Waals surface area contributed by atoms with Crippen LogP contribution in [-0.2, 0) is 14.3 Å². The first-order valence-corrected chi connectivity index (χ1v) is 11.1. The number of carbonyl (C=O) groups excluding carboxylic acids is 2. The number of hydrogen-bond acceptors (Lipinski definition) is 7. The lowest BCUT2D eigenvalue weighted by Crippen LogP contribution is -2.38. The Hall–Kier alpha value is -2.29. The number of carbonyl (C=O) groups is 2. The van der Waals surface area contributed by atoms with E-state index >= 15 is 0 Å². The molecule has 2 fully saturated rings. The van der Waals surface area contributed by atoms with Crippen molar-refractivity contribution in [2.75, 3.05) is 13.2 Å². The molecule has 1 aromatic carbocycles. The average Bonchev–Trinajstić information content (AvgIpc) is 3.35. The molecule has 30 heavy (non-hydrogen) atoms. The fraction of sp³-hybridized carbons (Fsp3) is 0.619. The van der Waals surface area contributed by atoms with E-state index in [-0.39, 0.29) is 12.3 Å². The molecule has 0 bridgehead atoms. The molecule has 0 N–H and O–H groups in total. The van der Waals surface area contributed by atoms with Crippen LogP contribution in [0.2, 0.25) is 0 Å². The van der Waals surface area contributed by atoms with Crippen molar-refractivity contribution in [3.63, 3.8) is 0 Å². The maximum absolute atomic E-state index is 12.9. The summed E-state index contributed by atoms with van der Waals surface area (Å²) in [5.41, 5.74) is -0.149. The summed E-state index contributed by atoms with van der Waals surface area (Å²) in [4.78, 5) is 39.0. The minimum Gasteiger partial charge on any atom is -0.466 e. The molecule has 0 spiro atoms. The molecule has 9 heteroatoms. The van der Waals surface area contributed by atoms with E-state index in [1.807, 2.05) is 0 Å². The molecule has 1 unspecified atom stereocenters. The monoisotopic (exact) mass is 436 g/mol. The highest BCUT2D eigenvalue weighted by Gasteiger charge is 2.46. The SMILES string of the molecule is CCOC(=O)[C@H]1CCN(C(=O)OC(C)(C)C)C1c1cc([N+](=O)[O-])ccc1SC1CC1. The van der Waals surface area contributed by atoms with E-state index in [0.29, 0.717) is 23.8 Å². The fourth-order valence-electron chi connectivity index (χ4n) is 3.55.